The van der Waals surface area contributed by atoms with Crippen LogP contribution < -0.4 is 10.0 Å². The number of carbonyl (C=O) groups excluding carboxylic acids is 1. The number of hydrogen-bond donors (Lipinski definition) is 3. The second-order valence-electron chi connectivity index (χ2n) is 5.13. The Bertz CT molecular complexity index is 389. The molecule has 0 aromatic carbocycles. The Morgan fingerprint density at radius 3 is 2.17 bits per heavy atom. The summed E-state index contributed by atoms with van der Waals surface area (Å²) in [6, 6.07) is 0. The van der Waals surface area contributed by atoms with Crippen LogP contribution in [0.25, 0.3) is 0 Å². The van der Waals surface area contributed by atoms with Crippen LogP contribution in [0.2, 0.25) is 0 Å². The van der Waals surface area contributed by atoms with Crippen LogP contribution in [-0.2, 0) is 19.6 Å². The van der Waals surface area contributed by atoms with Crippen molar-refractivity contribution in [3.05, 3.63) is 0 Å². The lowest BCUT2D eigenvalue weighted by molar-refractivity contribution is -0.159. The van der Waals surface area contributed by atoms with E-state index in [0.29, 0.717) is 0 Å². The third-order valence-corrected chi connectivity index (χ3v) is 3.05. The predicted molar refractivity (Wildman–Crippen MR) is 67.6 cm³/mol. The third-order valence-electron chi connectivity index (χ3n) is 2.12. The average Bonchev–Trinajstić information content (AvgIpc) is 2.11. The van der Waals surface area contributed by atoms with Gasteiger partial charge in [-0.1, -0.05) is 0 Å². The molecular formula is C10H22N2O5S. The number of ether oxygens (including phenoxy) is 1. The van der Waals surface area contributed by atoms with E-state index in [0.717, 1.165) is 6.26 Å². The van der Waals surface area contributed by atoms with Gasteiger partial charge in [-0.3, -0.25) is 0 Å². The van der Waals surface area contributed by atoms with E-state index < -0.39 is 27.1 Å². The van der Waals surface area contributed by atoms with Crippen molar-refractivity contribution in [1.29, 1.82) is 0 Å². The van der Waals surface area contributed by atoms with Gasteiger partial charge in [0.25, 0.3) is 0 Å². The number of sulfonamides is 1. The molecule has 0 spiro atoms. The summed E-state index contributed by atoms with van der Waals surface area (Å²) in [6.07, 6.45) is 1.07. The average molecular weight is 282 g/mol. The Hall–Kier alpha value is -0.700. The van der Waals surface area contributed by atoms with E-state index in [1.54, 1.807) is 13.8 Å². The zero-order chi connectivity index (χ0) is 14.6. The quantitative estimate of drug-likeness (QED) is 0.508. The van der Waals surface area contributed by atoms with Gasteiger partial charge < -0.3 is 15.2 Å². The first-order valence-corrected chi connectivity index (χ1v) is 7.29. The molecule has 0 aromatic heterocycles. The lowest BCUT2D eigenvalue weighted by atomic mass is 10.1. The van der Waals surface area contributed by atoms with Gasteiger partial charge in [0.2, 0.25) is 10.0 Å². The Morgan fingerprint density at radius 2 is 1.78 bits per heavy atom. The standard InChI is InChI=1S/C10H22N2O5S/c1-9(2,12-18(5,15)16)6-11-7-10(3,14)8(13)17-4/h11-12,14H,6-7H2,1-5H3. The van der Waals surface area contributed by atoms with Gasteiger partial charge in [0.15, 0.2) is 5.60 Å². The largest absolute Gasteiger partial charge is 0.467 e. The molecule has 0 radical (unpaired) electrons. The number of hydrogen-bond acceptors (Lipinski definition) is 6. The molecule has 108 valence electrons. The van der Waals surface area contributed by atoms with Gasteiger partial charge in [0.05, 0.1) is 13.4 Å². The first-order chi connectivity index (χ1) is 7.90. The van der Waals surface area contributed by atoms with Gasteiger partial charge >= 0.3 is 5.97 Å². The molecule has 1 atom stereocenters. The molecule has 0 heterocycles. The molecular weight excluding hydrogens is 260 g/mol. The maximum Gasteiger partial charge on any atom is 0.338 e. The van der Waals surface area contributed by atoms with Crippen molar-refractivity contribution in [2.24, 2.45) is 0 Å². The molecule has 3 N–H and O–H groups in total. The molecule has 0 saturated carbocycles. The van der Waals surface area contributed by atoms with Gasteiger partial charge in [-0.25, -0.2) is 17.9 Å². The summed E-state index contributed by atoms with van der Waals surface area (Å²) in [7, 11) is -2.13. The van der Waals surface area contributed by atoms with E-state index in [-0.39, 0.29) is 13.1 Å². The number of rotatable bonds is 7. The van der Waals surface area contributed by atoms with Crippen LogP contribution in [-0.4, -0.2) is 57.1 Å². The Labute approximate surface area is 108 Å². The summed E-state index contributed by atoms with van der Waals surface area (Å²) >= 11 is 0. The maximum atomic E-state index is 11.2. The minimum atomic E-state index is -3.31. The number of carbonyl (C=O) groups is 1. The van der Waals surface area contributed by atoms with Crippen LogP contribution in [0, 0.1) is 0 Å². The fourth-order valence-electron chi connectivity index (χ4n) is 1.45. The second-order valence-corrected chi connectivity index (χ2v) is 6.88. The van der Waals surface area contributed by atoms with Crippen LogP contribution in [0.3, 0.4) is 0 Å². The van der Waals surface area contributed by atoms with Crippen molar-refractivity contribution in [3.8, 4) is 0 Å². The van der Waals surface area contributed by atoms with Crippen LogP contribution in [0.5, 0.6) is 0 Å². The number of esters is 1. The van der Waals surface area contributed by atoms with Crippen LogP contribution in [0.4, 0.5) is 0 Å². The summed E-state index contributed by atoms with van der Waals surface area (Å²) in [5.41, 5.74) is -2.37. The molecule has 0 bridgehead atoms. The van der Waals surface area contributed by atoms with E-state index in [2.05, 4.69) is 14.8 Å². The van der Waals surface area contributed by atoms with E-state index in [1.807, 2.05) is 0 Å². The van der Waals surface area contributed by atoms with E-state index in [4.69, 9.17) is 0 Å². The summed E-state index contributed by atoms with van der Waals surface area (Å²) < 4.78 is 29.1. The molecule has 7 nitrogen and oxygen atoms in total. The Balaban J connectivity index is 4.31. The Morgan fingerprint density at radius 1 is 1.28 bits per heavy atom. The van der Waals surface area contributed by atoms with Gasteiger partial charge in [0.1, 0.15) is 0 Å². The fraction of sp³-hybridized carbons (Fsp3) is 0.900. The highest BCUT2D eigenvalue weighted by Gasteiger charge is 2.32. The lowest BCUT2D eigenvalue weighted by Crippen LogP contribution is -2.53. The summed E-state index contributed by atoms with van der Waals surface area (Å²) in [5.74, 6) is -0.746. The van der Waals surface area contributed by atoms with E-state index in [9.17, 15) is 18.3 Å². The normalized spacial score (nSPS) is 16.1. The van der Waals surface area contributed by atoms with E-state index >= 15 is 0 Å². The predicted octanol–water partition coefficient (Wildman–Crippen LogP) is -1.17. The zero-order valence-corrected chi connectivity index (χ0v) is 12.2. The van der Waals surface area contributed by atoms with Gasteiger partial charge in [0, 0.05) is 18.6 Å². The van der Waals surface area contributed by atoms with Crippen molar-refractivity contribution >= 4 is 16.0 Å². The number of aliphatic hydroxyl groups is 1. The van der Waals surface area contributed by atoms with Gasteiger partial charge in [-0.15, -0.1) is 0 Å². The number of methoxy groups -OCH3 is 1. The molecule has 0 amide bonds. The molecule has 8 heteroatoms. The third kappa shape index (κ3) is 6.90. The van der Waals surface area contributed by atoms with Crippen molar-refractivity contribution in [1.82, 2.24) is 10.0 Å². The number of nitrogens with one attached hydrogen (secondary N) is 2. The molecule has 18 heavy (non-hydrogen) atoms. The molecule has 0 fully saturated rings. The van der Waals surface area contributed by atoms with Gasteiger partial charge in [-0.05, 0) is 20.8 Å². The molecule has 0 rings (SSSR count). The van der Waals surface area contributed by atoms with Crippen molar-refractivity contribution in [3.63, 3.8) is 0 Å². The van der Waals surface area contributed by atoms with Crippen LogP contribution >= 0.6 is 0 Å². The minimum absolute atomic E-state index is 0.0332. The van der Waals surface area contributed by atoms with Crippen molar-refractivity contribution in [2.45, 2.75) is 31.9 Å². The second kappa shape index (κ2) is 5.96. The monoisotopic (exact) mass is 282 g/mol. The maximum absolute atomic E-state index is 11.2. The highest BCUT2D eigenvalue weighted by molar-refractivity contribution is 7.88. The highest BCUT2D eigenvalue weighted by Crippen LogP contribution is 2.06. The summed E-state index contributed by atoms with van der Waals surface area (Å²) in [5, 5.41) is 12.6. The molecule has 1 unspecified atom stereocenters. The minimum Gasteiger partial charge on any atom is -0.467 e. The molecule has 0 saturated heterocycles. The highest BCUT2D eigenvalue weighted by atomic mass is 32.2. The van der Waals surface area contributed by atoms with Crippen molar-refractivity contribution < 1.29 is 23.1 Å². The topological polar surface area (TPSA) is 105 Å². The van der Waals surface area contributed by atoms with E-state index in [1.165, 1.54) is 14.0 Å². The van der Waals surface area contributed by atoms with Crippen LogP contribution in [0.1, 0.15) is 20.8 Å². The smallest absolute Gasteiger partial charge is 0.338 e. The lowest BCUT2D eigenvalue weighted by Gasteiger charge is -2.27. The fourth-order valence-corrected chi connectivity index (χ4v) is 2.52. The first kappa shape index (κ1) is 17.3. The summed E-state index contributed by atoms with van der Waals surface area (Å²) in [6.45, 7) is 4.92. The van der Waals surface area contributed by atoms with Gasteiger partial charge in [-0.2, -0.15) is 0 Å². The molecule has 0 aromatic rings. The molecule has 0 aliphatic rings. The van der Waals surface area contributed by atoms with Crippen molar-refractivity contribution in [2.75, 3.05) is 26.5 Å². The summed E-state index contributed by atoms with van der Waals surface area (Å²) in [4.78, 5) is 11.2. The SMILES string of the molecule is COC(=O)C(C)(O)CNCC(C)(C)NS(C)(=O)=O. The first-order valence-electron chi connectivity index (χ1n) is 5.40. The Kier molecular flexibility index (Phi) is 5.73. The van der Waals surface area contributed by atoms with Crippen LogP contribution in [0.15, 0.2) is 0 Å². The molecule has 0 aliphatic heterocycles. The zero-order valence-electron chi connectivity index (χ0n) is 11.4. The molecule has 0 aliphatic carbocycles.